The Labute approximate surface area is 111 Å². The van der Waals surface area contributed by atoms with Gasteiger partial charge >= 0.3 is 0 Å². The molecule has 0 fully saturated rings. The van der Waals surface area contributed by atoms with E-state index in [1.54, 1.807) is 42.5 Å². The van der Waals surface area contributed by atoms with Crippen LogP contribution >= 0.6 is 0 Å². The van der Waals surface area contributed by atoms with Crippen LogP contribution in [0.1, 0.15) is 22.8 Å². The summed E-state index contributed by atoms with van der Waals surface area (Å²) in [6.45, 7) is 1.38. The Kier molecular flexibility index (Phi) is 3.61. The number of nitrogens with two attached hydrogens (primary N) is 1. The topological polar surface area (TPSA) is 72.2 Å². The lowest BCUT2D eigenvalue weighted by Gasteiger charge is -2.11. The van der Waals surface area contributed by atoms with E-state index in [1.165, 1.54) is 6.92 Å². The Bertz CT molecular complexity index is 621. The van der Waals surface area contributed by atoms with E-state index in [0.717, 1.165) is 0 Å². The van der Waals surface area contributed by atoms with Gasteiger partial charge in [-0.3, -0.25) is 9.59 Å². The first-order valence-corrected chi connectivity index (χ1v) is 5.85. The van der Waals surface area contributed by atoms with Crippen LogP contribution < -0.4 is 11.1 Å². The van der Waals surface area contributed by atoms with Crippen molar-refractivity contribution in [1.82, 2.24) is 0 Å². The van der Waals surface area contributed by atoms with Crippen molar-refractivity contribution in [3.8, 4) is 0 Å². The van der Waals surface area contributed by atoms with Gasteiger partial charge in [0.2, 0.25) is 5.91 Å². The van der Waals surface area contributed by atoms with Gasteiger partial charge in [0.15, 0.2) is 5.78 Å². The summed E-state index contributed by atoms with van der Waals surface area (Å²) in [6.07, 6.45) is 0. The average Bonchev–Trinajstić information content (AvgIpc) is 2.41. The van der Waals surface area contributed by atoms with Gasteiger partial charge in [0.05, 0.1) is 11.4 Å². The summed E-state index contributed by atoms with van der Waals surface area (Å²) in [5.41, 5.74) is 7.50. The molecule has 2 rings (SSSR count). The van der Waals surface area contributed by atoms with Gasteiger partial charge < -0.3 is 11.1 Å². The zero-order valence-corrected chi connectivity index (χ0v) is 10.5. The molecule has 0 unspecified atom stereocenters. The van der Waals surface area contributed by atoms with Gasteiger partial charge in [0.1, 0.15) is 0 Å². The molecule has 2 aromatic rings. The minimum atomic E-state index is -0.264. The molecule has 4 heteroatoms. The second-order valence-corrected chi connectivity index (χ2v) is 4.15. The molecule has 0 spiro atoms. The number of nitrogens with one attached hydrogen (secondary N) is 1. The maximum Gasteiger partial charge on any atom is 0.221 e. The predicted octanol–water partition coefficient (Wildman–Crippen LogP) is 2.46. The highest BCUT2D eigenvalue weighted by Gasteiger charge is 2.16. The van der Waals surface area contributed by atoms with E-state index in [1.807, 2.05) is 6.07 Å². The van der Waals surface area contributed by atoms with E-state index in [9.17, 15) is 9.59 Å². The van der Waals surface area contributed by atoms with Gasteiger partial charge in [-0.25, -0.2) is 0 Å². The molecule has 0 saturated heterocycles. The Morgan fingerprint density at radius 1 is 1.00 bits per heavy atom. The number of carbonyl (C=O) groups excluding carboxylic acids is 2. The summed E-state index contributed by atoms with van der Waals surface area (Å²) < 4.78 is 0. The van der Waals surface area contributed by atoms with Crippen molar-refractivity contribution in [2.75, 3.05) is 11.1 Å². The molecule has 0 atom stereocenters. The first-order chi connectivity index (χ1) is 9.09. The third kappa shape index (κ3) is 2.80. The van der Waals surface area contributed by atoms with Crippen LogP contribution in [0.2, 0.25) is 0 Å². The standard InChI is InChI=1S/C15H14N2O2/c1-10(18)17-14-12(8-5-9-13(14)16)15(19)11-6-3-2-4-7-11/h2-9H,16H2,1H3,(H,17,18). The molecular weight excluding hydrogens is 240 g/mol. The fourth-order valence-electron chi connectivity index (χ4n) is 1.82. The second-order valence-electron chi connectivity index (χ2n) is 4.15. The molecule has 3 N–H and O–H groups in total. The van der Waals surface area contributed by atoms with Gasteiger partial charge in [0.25, 0.3) is 0 Å². The minimum absolute atomic E-state index is 0.170. The van der Waals surface area contributed by atoms with Crippen LogP contribution in [-0.4, -0.2) is 11.7 Å². The molecule has 0 aliphatic rings. The molecule has 0 radical (unpaired) electrons. The molecule has 0 aliphatic heterocycles. The predicted molar refractivity (Wildman–Crippen MR) is 75.0 cm³/mol. The third-order valence-electron chi connectivity index (χ3n) is 2.68. The number of amides is 1. The monoisotopic (exact) mass is 254 g/mol. The molecule has 4 nitrogen and oxygen atoms in total. The molecule has 0 aliphatic carbocycles. The zero-order chi connectivity index (χ0) is 13.8. The van der Waals surface area contributed by atoms with Crippen molar-refractivity contribution in [3.63, 3.8) is 0 Å². The molecule has 2 aromatic carbocycles. The molecule has 1 amide bonds. The van der Waals surface area contributed by atoms with Crippen LogP contribution in [0, 0.1) is 0 Å². The largest absolute Gasteiger partial charge is 0.397 e. The summed E-state index contributed by atoms with van der Waals surface area (Å²) >= 11 is 0. The van der Waals surface area contributed by atoms with E-state index in [-0.39, 0.29) is 11.7 Å². The number of nitrogen functional groups attached to an aromatic ring is 1. The lowest BCUT2D eigenvalue weighted by molar-refractivity contribution is -0.114. The molecule has 0 bridgehead atoms. The van der Waals surface area contributed by atoms with Gasteiger partial charge in [-0.2, -0.15) is 0 Å². The summed E-state index contributed by atoms with van der Waals surface area (Å²) in [5.74, 6) is -0.434. The normalized spacial score (nSPS) is 9.95. The van der Waals surface area contributed by atoms with Crippen LogP contribution in [0.25, 0.3) is 0 Å². The van der Waals surface area contributed by atoms with Gasteiger partial charge in [0, 0.05) is 18.1 Å². The number of hydrogen-bond donors (Lipinski definition) is 2. The molecule has 0 saturated carbocycles. The van der Waals surface area contributed by atoms with Crippen LogP contribution in [-0.2, 0) is 4.79 Å². The average molecular weight is 254 g/mol. The van der Waals surface area contributed by atoms with Crippen molar-refractivity contribution in [3.05, 3.63) is 59.7 Å². The third-order valence-corrected chi connectivity index (χ3v) is 2.68. The van der Waals surface area contributed by atoms with Crippen molar-refractivity contribution < 1.29 is 9.59 Å². The first-order valence-electron chi connectivity index (χ1n) is 5.85. The maximum atomic E-state index is 12.4. The number of rotatable bonds is 3. The Hall–Kier alpha value is -2.62. The van der Waals surface area contributed by atoms with Gasteiger partial charge in [-0.05, 0) is 12.1 Å². The Morgan fingerprint density at radius 2 is 1.68 bits per heavy atom. The number of ketones is 1. The number of para-hydroxylation sites is 1. The smallest absolute Gasteiger partial charge is 0.221 e. The highest BCUT2D eigenvalue weighted by Crippen LogP contribution is 2.25. The molecule has 0 heterocycles. The number of hydrogen-bond acceptors (Lipinski definition) is 3. The van der Waals surface area contributed by atoms with Gasteiger partial charge in [-0.1, -0.05) is 36.4 Å². The number of carbonyl (C=O) groups is 2. The fourth-order valence-corrected chi connectivity index (χ4v) is 1.82. The van der Waals surface area contributed by atoms with E-state index >= 15 is 0 Å². The van der Waals surface area contributed by atoms with Crippen LogP contribution in [0.3, 0.4) is 0 Å². The minimum Gasteiger partial charge on any atom is -0.397 e. The quantitative estimate of drug-likeness (QED) is 0.652. The summed E-state index contributed by atoms with van der Waals surface area (Å²) in [4.78, 5) is 23.6. The van der Waals surface area contributed by atoms with Crippen molar-refractivity contribution in [2.24, 2.45) is 0 Å². The Morgan fingerprint density at radius 3 is 2.32 bits per heavy atom. The van der Waals surface area contributed by atoms with Crippen molar-refractivity contribution >= 4 is 23.1 Å². The zero-order valence-electron chi connectivity index (χ0n) is 10.5. The van der Waals surface area contributed by atoms with Crippen molar-refractivity contribution in [1.29, 1.82) is 0 Å². The maximum absolute atomic E-state index is 12.4. The number of benzene rings is 2. The Balaban J connectivity index is 2.48. The van der Waals surface area contributed by atoms with Crippen molar-refractivity contribution in [2.45, 2.75) is 6.92 Å². The summed E-state index contributed by atoms with van der Waals surface area (Å²) in [6, 6.07) is 13.9. The second kappa shape index (κ2) is 5.35. The van der Waals surface area contributed by atoms with E-state index in [4.69, 9.17) is 5.73 Å². The molecule has 0 aromatic heterocycles. The van der Waals surface area contributed by atoms with Gasteiger partial charge in [-0.15, -0.1) is 0 Å². The highest BCUT2D eigenvalue weighted by atomic mass is 16.1. The SMILES string of the molecule is CC(=O)Nc1c(N)cccc1C(=O)c1ccccc1. The molecule has 96 valence electrons. The summed E-state index contributed by atoms with van der Waals surface area (Å²) in [7, 11) is 0. The van der Waals surface area contributed by atoms with E-state index < -0.39 is 0 Å². The fraction of sp³-hybridized carbons (Fsp3) is 0.0667. The van der Waals surface area contributed by atoms with Crippen LogP contribution in [0.5, 0.6) is 0 Å². The van der Waals surface area contributed by atoms with E-state index in [2.05, 4.69) is 5.32 Å². The lowest BCUT2D eigenvalue weighted by Crippen LogP contribution is -2.13. The number of anilines is 2. The van der Waals surface area contributed by atoms with E-state index in [0.29, 0.717) is 22.5 Å². The van der Waals surface area contributed by atoms with Crippen LogP contribution in [0.4, 0.5) is 11.4 Å². The molecule has 19 heavy (non-hydrogen) atoms. The van der Waals surface area contributed by atoms with Crippen LogP contribution in [0.15, 0.2) is 48.5 Å². The highest BCUT2D eigenvalue weighted by molar-refractivity contribution is 6.15. The summed E-state index contributed by atoms with van der Waals surface area (Å²) in [5, 5.41) is 2.61. The molecular formula is C15H14N2O2. The first kappa shape index (κ1) is 12.8. The lowest BCUT2D eigenvalue weighted by atomic mass is 10.0.